The number of amides is 1. The Morgan fingerprint density at radius 1 is 1.10 bits per heavy atom. The number of hydrogen-bond acceptors (Lipinski definition) is 3. The molecule has 0 radical (unpaired) electrons. The summed E-state index contributed by atoms with van der Waals surface area (Å²) in [7, 11) is 0. The Balaban J connectivity index is 1.41. The molecule has 1 saturated heterocycles. The maximum atomic E-state index is 11.8. The number of nitrogens with one attached hydrogen (secondary N) is 2. The van der Waals surface area contributed by atoms with Crippen molar-refractivity contribution in [3.05, 3.63) is 0 Å². The van der Waals surface area contributed by atoms with Gasteiger partial charge in [-0.15, -0.1) is 0 Å². The predicted octanol–water partition coefficient (Wildman–Crippen LogP) is 2.62. The lowest BCUT2D eigenvalue weighted by Crippen LogP contribution is -2.33. The van der Waals surface area contributed by atoms with Gasteiger partial charge in [-0.1, -0.05) is 32.1 Å². The Labute approximate surface area is 129 Å². The van der Waals surface area contributed by atoms with Crippen LogP contribution < -0.4 is 10.6 Å². The number of carbonyl (C=O) groups excluding carboxylic acids is 1. The first-order chi connectivity index (χ1) is 10.3. The molecule has 2 rings (SSSR count). The number of piperidine rings is 1. The third kappa shape index (κ3) is 7.28. The van der Waals surface area contributed by atoms with E-state index in [1.54, 1.807) is 0 Å². The van der Waals surface area contributed by atoms with Crippen LogP contribution in [-0.2, 0) is 9.53 Å². The van der Waals surface area contributed by atoms with Gasteiger partial charge in [-0.3, -0.25) is 4.79 Å². The van der Waals surface area contributed by atoms with Crippen molar-refractivity contribution < 1.29 is 9.53 Å². The smallest absolute Gasteiger partial charge is 0.220 e. The summed E-state index contributed by atoms with van der Waals surface area (Å²) in [6.07, 6.45) is 12.2. The molecule has 0 aromatic heterocycles. The van der Waals surface area contributed by atoms with Crippen LogP contribution in [0.2, 0.25) is 0 Å². The van der Waals surface area contributed by atoms with Crippen molar-refractivity contribution in [2.75, 3.05) is 26.2 Å². The average Bonchev–Trinajstić information content (AvgIpc) is 2.54. The van der Waals surface area contributed by atoms with Gasteiger partial charge in [0.15, 0.2) is 0 Å². The second kappa shape index (κ2) is 10.2. The van der Waals surface area contributed by atoms with Crippen molar-refractivity contribution in [3.63, 3.8) is 0 Å². The topological polar surface area (TPSA) is 50.4 Å². The van der Waals surface area contributed by atoms with Crippen LogP contribution in [0.25, 0.3) is 0 Å². The molecule has 0 aromatic carbocycles. The molecule has 0 atom stereocenters. The first kappa shape index (κ1) is 16.8. The van der Waals surface area contributed by atoms with E-state index in [9.17, 15) is 4.79 Å². The zero-order chi connectivity index (χ0) is 14.8. The van der Waals surface area contributed by atoms with E-state index < -0.39 is 0 Å². The van der Waals surface area contributed by atoms with Crippen LogP contribution in [0.4, 0.5) is 0 Å². The quantitative estimate of drug-likeness (QED) is 0.677. The highest BCUT2D eigenvalue weighted by Crippen LogP contribution is 2.27. The Kier molecular flexibility index (Phi) is 8.12. The van der Waals surface area contributed by atoms with E-state index in [-0.39, 0.29) is 5.91 Å². The van der Waals surface area contributed by atoms with Crippen molar-refractivity contribution in [1.29, 1.82) is 0 Å². The summed E-state index contributed by atoms with van der Waals surface area (Å²) in [5.41, 5.74) is 0. The minimum absolute atomic E-state index is 0.224. The van der Waals surface area contributed by atoms with Gasteiger partial charge in [0.1, 0.15) is 0 Å². The predicted molar refractivity (Wildman–Crippen MR) is 85.3 cm³/mol. The fourth-order valence-electron chi connectivity index (χ4n) is 3.41. The lowest BCUT2D eigenvalue weighted by molar-refractivity contribution is -0.121. The molecule has 2 aliphatic rings. The molecule has 1 saturated carbocycles. The van der Waals surface area contributed by atoms with Crippen LogP contribution in [0, 0.1) is 5.92 Å². The Bertz CT molecular complexity index is 285. The SMILES string of the molecule is O=C(CCC1CCCCC1)NCCCOC1CCNCC1. The standard InChI is InChI=1S/C17H32N2O2/c20-17(8-7-15-5-2-1-3-6-15)19-11-4-14-21-16-9-12-18-13-10-16/h15-16,18H,1-14H2,(H,19,20). The summed E-state index contributed by atoms with van der Waals surface area (Å²) < 4.78 is 5.83. The first-order valence-electron chi connectivity index (χ1n) is 8.93. The molecule has 1 aliphatic heterocycles. The minimum Gasteiger partial charge on any atom is -0.378 e. The largest absolute Gasteiger partial charge is 0.378 e. The molecular formula is C17H32N2O2. The van der Waals surface area contributed by atoms with Crippen molar-refractivity contribution >= 4 is 5.91 Å². The van der Waals surface area contributed by atoms with Crippen LogP contribution in [-0.4, -0.2) is 38.3 Å². The van der Waals surface area contributed by atoms with E-state index in [0.717, 1.165) is 57.8 Å². The van der Waals surface area contributed by atoms with E-state index in [1.165, 1.54) is 32.1 Å². The van der Waals surface area contributed by atoms with Gasteiger partial charge in [0, 0.05) is 19.6 Å². The van der Waals surface area contributed by atoms with E-state index in [0.29, 0.717) is 12.5 Å². The van der Waals surface area contributed by atoms with Gasteiger partial charge < -0.3 is 15.4 Å². The van der Waals surface area contributed by atoms with E-state index >= 15 is 0 Å². The Hall–Kier alpha value is -0.610. The van der Waals surface area contributed by atoms with Gasteiger partial charge in [0.25, 0.3) is 0 Å². The lowest BCUT2D eigenvalue weighted by Gasteiger charge is -2.23. The van der Waals surface area contributed by atoms with Gasteiger partial charge in [0.2, 0.25) is 5.91 Å². The average molecular weight is 296 g/mol. The Morgan fingerprint density at radius 3 is 2.62 bits per heavy atom. The Morgan fingerprint density at radius 2 is 1.86 bits per heavy atom. The monoisotopic (exact) mass is 296 g/mol. The zero-order valence-corrected chi connectivity index (χ0v) is 13.4. The highest BCUT2D eigenvalue weighted by molar-refractivity contribution is 5.75. The van der Waals surface area contributed by atoms with Crippen LogP contribution in [0.3, 0.4) is 0 Å². The third-order valence-corrected chi connectivity index (χ3v) is 4.79. The zero-order valence-electron chi connectivity index (χ0n) is 13.4. The summed E-state index contributed by atoms with van der Waals surface area (Å²) in [6.45, 7) is 3.67. The fourth-order valence-corrected chi connectivity index (χ4v) is 3.41. The van der Waals surface area contributed by atoms with Gasteiger partial charge in [-0.05, 0) is 44.7 Å². The minimum atomic E-state index is 0.224. The molecule has 0 bridgehead atoms. The summed E-state index contributed by atoms with van der Waals surface area (Å²) in [6, 6.07) is 0. The molecule has 0 unspecified atom stereocenters. The van der Waals surface area contributed by atoms with Crippen molar-refractivity contribution in [2.45, 2.75) is 70.3 Å². The van der Waals surface area contributed by atoms with Crippen LogP contribution in [0.1, 0.15) is 64.2 Å². The van der Waals surface area contributed by atoms with Gasteiger partial charge in [-0.2, -0.15) is 0 Å². The van der Waals surface area contributed by atoms with Gasteiger partial charge in [-0.25, -0.2) is 0 Å². The molecule has 4 nitrogen and oxygen atoms in total. The van der Waals surface area contributed by atoms with Crippen molar-refractivity contribution in [3.8, 4) is 0 Å². The molecule has 1 aliphatic carbocycles. The molecule has 1 amide bonds. The fraction of sp³-hybridized carbons (Fsp3) is 0.941. The van der Waals surface area contributed by atoms with Gasteiger partial charge >= 0.3 is 0 Å². The number of ether oxygens (including phenoxy) is 1. The first-order valence-corrected chi connectivity index (χ1v) is 8.93. The van der Waals surface area contributed by atoms with Crippen LogP contribution in [0.15, 0.2) is 0 Å². The molecule has 4 heteroatoms. The molecule has 0 aromatic rings. The molecule has 0 spiro atoms. The molecule has 2 N–H and O–H groups in total. The lowest BCUT2D eigenvalue weighted by atomic mass is 9.86. The maximum Gasteiger partial charge on any atom is 0.220 e. The molecule has 21 heavy (non-hydrogen) atoms. The van der Waals surface area contributed by atoms with Crippen molar-refractivity contribution in [1.82, 2.24) is 10.6 Å². The van der Waals surface area contributed by atoms with Crippen LogP contribution >= 0.6 is 0 Å². The summed E-state index contributed by atoms with van der Waals surface area (Å²) >= 11 is 0. The number of carbonyl (C=O) groups is 1. The highest BCUT2D eigenvalue weighted by Gasteiger charge is 2.15. The summed E-state index contributed by atoms with van der Waals surface area (Å²) in [5, 5.41) is 6.36. The maximum absolute atomic E-state index is 11.8. The number of hydrogen-bond donors (Lipinski definition) is 2. The molecule has 2 fully saturated rings. The highest BCUT2D eigenvalue weighted by atomic mass is 16.5. The van der Waals surface area contributed by atoms with Gasteiger partial charge in [0.05, 0.1) is 6.10 Å². The summed E-state index contributed by atoms with van der Waals surface area (Å²) in [5.74, 6) is 1.02. The third-order valence-electron chi connectivity index (χ3n) is 4.79. The number of rotatable bonds is 8. The normalized spacial score (nSPS) is 21.3. The molecule has 122 valence electrons. The van der Waals surface area contributed by atoms with E-state index in [4.69, 9.17) is 4.74 Å². The summed E-state index contributed by atoms with van der Waals surface area (Å²) in [4.78, 5) is 11.8. The second-order valence-corrected chi connectivity index (χ2v) is 6.57. The van der Waals surface area contributed by atoms with E-state index in [2.05, 4.69) is 10.6 Å². The second-order valence-electron chi connectivity index (χ2n) is 6.57. The molecule has 1 heterocycles. The molecular weight excluding hydrogens is 264 g/mol. The van der Waals surface area contributed by atoms with E-state index in [1.807, 2.05) is 0 Å². The van der Waals surface area contributed by atoms with Crippen LogP contribution in [0.5, 0.6) is 0 Å². The van der Waals surface area contributed by atoms with Crippen molar-refractivity contribution in [2.24, 2.45) is 5.92 Å².